The highest BCUT2D eigenvalue weighted by Crippen LogP contribution is 2.23. The molecule has 6 heteroatoms. The first-order valence-corrected chi connectivity index (χ1v) is 8.16. The summed E-state index contributed by atoms with van der Waals surface area (Å²) >= 11 is 3.27. The quantitative estimate of drug-likeness (QED) is 0.877. The zero-order valence-electron chi connectivity index (χ0n) is 11.2. The third-order valence-corrected chi connectivity index (χ3v) is 4.77. The molecule has 2 aromatic carbocycles. The van der Waals surface area contributed by atoms with Gasteiger partial charge in [0.1, 0.15) is 5.75 Å². The van der Waals surface area contributed by atoms with Gasteiger partial charge >= 0.3 is 5.97 Å². The highest BCUT2D eigenvalue weighted by molar-refractivity contribution is 9.10. The lowest BCUT2D eigenvalue weighted by Gasteiger charge is -2.08. The lowest BCUT2D eigenvalue weighted by atomic mass is 10.2. The Morgan fingerprint density at radius 3 is 2.71 bits per heavy atom. The molecule has 2 aromatic rings. The second-order valence-corrected chi connectivity index (χ2v) is 6.62. The van der Waals surface area contributed by atoms with Gasteiger partial charge in [-0.3, -0.25) is 4.21 Å². The summed E-state index contributed by atoms with van der Waals surface area (Å²) in [5, 5.41) is 9.18. The number of aromatic carboxylic acids is 1. The summed E-state index contributed by atoms with van der Waals surface area (Å²) in [4.78, 5) is 11.5. The molecule has 0 aliphatic carbocycles. The average Bonchev–Trinajstić information content (AvgIpc) is 2.47. The minimum absolute atomic E-state index is 0.0550. The normalized spacial score (nSPS) is 11.9. The molecule has 0 saturated carbocycles. The van der Waals surface area contributed by atoms with Crippen LogP contribution in [0.25, 0.3) is 0 Å². The highest BCUT2D eigenvalue weighted by Gasteiger charge is 2.16. The summed E-state index contributed by atoms with van der Waals surface area (Å²) in [5.74, 6) is -0.179. The van der Waals surface area contributed by atoms with E-state index < -0.39 is 16.8 Å². The molecule has 0 heterocycles. The highest BCUT2D eigenvalue weighted by atomic mass is 79.9. The van der Waals surface area contributed by atoms with Crippen LogP contribution in [-0.2, 0) is 16.6 Å². The van der Waals surface area contributed by atoms with Crippen molar-refractivity contribution in [3.63, 3.8) is 0 Å². The molecular weight excluding hydrogens is 356 g/mol. The summed E-state index contributed by atoms with van der Waals surface area (Å²) < 4.78 is 18.3. The predicted octanol–water partition coefficient (Wildman–Crippen LogP) is 3.46. The maximum absolute atomic E-state index is 12.5. The Bertz CT molecular complexity index is 700. The fraction of sp³-hybridized carbons (Fsp3) is 0.133. The van der Waals surface area contributed by atoms with Crippen LogP contribution in [0.2, 0.25) is 0 Å². The summed E-state index contributed by atoms with van der Waals surface area (Å²) in [6, 6.07) is 11.9. The number of ether oxygens (including phenoxy) is 1. The summed E-state index contributed by atoms with van der Waals surface area (Å²) in [7, 11) is 0.109. The fourth-order valence-electron chi connectivity index (χ4n) is 1.85. The number of hydrogen-bond acceptors (Lipinski definition) is 3. The Kier molecular flexibility index (Phi) is 5.14. The predicted molar refractivity (Wildman–Crippen MR) is 84.2 cm³/mol. The van der Waals surface area contributed by atoms with E-state index in [9.17, 15) is 14.1 Å². The van der Waals surface area contributed by atoms with Gasteiger partial charge in [0.2, 0.25) is 0 Å². The Balaban J connectivity index is 2.31. The van der Waals surface area contributed by atoms with Gasteiger partial charge in [-0.05, 0) is 35.9 Å². The van der Waals surface area contributed by atoms with Crippen molar-refractivity contribution in [3.05, 3.63) is 58.1 Å². The number of benzene rings is 2. The van der Waals surface area contributed by atoms with Crippen molar-refractivity contribution in [2.45, 2.75) is 10.6 Å². The van der Waals surface area contributed by atoms with Crippen molar-refractivity contribution in [2.24, 2.45) is 0 Å². The number of hydrogen-bond donors (Lipinski definition) is 1. The molecule has 110 valence electrons. The molecule has 0 aliphatic heterocycles. The number of carboxylic acids is 1. The van der Waals surface area contributed by atoms with E-state index in [-0.39, 0.29) is 11.3 Å². The molecule has 0 saturated heterocycles. The number of halogens is 1. The number of rotatable bonds is 5. The van der Waals surface area contributed by atoms with Gasteiger partial charge in [0, 0.05) is 4.47 Å². The first-order chi connectivity index (χ1) is 10.0. The van der Waals surface area contributed by atoms with Crippen molar-refractivity contribution in [1.82, 2.24) is 0 Å². The zero-order chi connectivity index (χ0) is 15.4. The Morgan fingerprint density at radius 2 is 2.05 bits per heavy atom. The van der Waals surface area contributed by atoms with Crippen molar-refractivity contribution in [1.29, 1.82) is 0 Å². The van der Waals surface area contributed by atoms with Crippen LogP contribution in [0.5, 0.6) is 5.75 Å². The number of carbonyl (C=O) groups is 1. The second kappa shape index (κ2) is 6.87. The molecule has 4 nitrogen and oxygen atoms in total. The van der Waals surface area contributed by atoms with E-state index in [0.29, 0.717) is 15.1 Å². The van der Waals surface area contributed by atoms with Crippen LogP contribution >= 0.6 is 15.9 Å². The molecule has 0 aliphatic rings. The van der Waals surface area contributed by atoms with Gasteiger partial charge in [0.25, 0.3) is 0 Å². The van der Waals surface area contributed by atoms with Crippen LogP contribution in [0.15, 0.2) is 51.8 Å². The largest absolute Gasteiger partial charge is 0.497 e. The molecule has 0 aromatic heterocycles. The third kappa shape index (κ3) is 3.92. The van der Waals surface area contributed by atoms with E-state index >= 15 is 0 Å². The second-order valence-electron chi connectivity index (χ2n) is 4.29. The molecule has 2 rings (SSSR count). The molecule has 1 N–H and O–H groups in total. The lowest BCUT2D eigenvalue weighted by Crippen LogP contribution is -2.06. The zero-order valence-corrected chi connectivity index (χ0v) is 13.6. The molecule has 0 amide bonds. The van der Waals surface area contributed by atoms with Gasteiger partial charge in [-0.25, -0.2) is 4.79 Å². The molecule has 0 bridgehead atoms. The van der Waals surface area contributed by atoms with E-state index in [0.717, 1.165) is 5.56 Å². The molecule has 1 unspecified atom stereocenters. The smallest absolute Gasteiger partial charge is 0.336 e. The van der Waals surface area contributed by atoms with Crippen LogP contribution in [0, 0.1) is 0 Å². The van der Waals surface area contributed by atoms with Crippen LogP contribution in [0.3, 0.4) is 0 Å². The summed E-state index contributed by atoms with van der Waals surface area (Å²) in [6.07, 6.45) is 0. The van der Waals surface area contributed by atoms with E-state index in [2.05, 4.69) is 15.9 Å². The molecular formula is C15H13BrO4S. The van der Waals surface area contributed by atoms with E-state index in [1.807, 2.05) is 12.1 Å². The Hall–Kier alpha value is -1.66. The average molecular weight is 369 g/mol. The van der Waals surface area contributed by atoms with Crippen molar-refractivity contribution < 1.29 is 18.8 Å². The molecule has 0 spiro atoms. The third-order valence-electron chi connectivity index (χ3n) is 2.85. The standard InChI is InChI=1S/C15H13BrO4S/c1-20-12-4-2-3-10(7-12)9-21(19)14-8-11(16)5-6-13(14)15(17)18/h2-8H,9H2,1H3,(H,17,18). The van der Waals surface area contributed by atoms with Crippen LogP contribution in [-0.4, -0.2) is 22.4 Å². The van der Waals surface area contributed by atoms with E-state index in [1.165, 1.54) is 6.07 Å². The van der Waals surface area contributed by atoms with Gasteiger partial charge < -0.3 is 9.84 Å². The van der Waals surface area contributed by atoms with Gasteiger partial charge in [-0.15, -0.1) is 0 Å². The molecule has 1 atom stereocenters. The maximum atomic E-state index is 12.5. The van der Waals surface area contributed by atoms with Gasteiger partial charge in [-0.2, -0.15) is 0 Å². The van der Waals surface area contributed by atoms with E-state index in [1.54, 1.807) is 31.4 Å². The maximum Gasteiger partial charge on any atom is 0.336 e. The first-order valence-electron chi connectivity index (χ1n) is 6.05. The molecule has 0 radical (unpaired) electrons. The SMILES string of the molecule is COc1cccc(CS(=O)c2cc(Br)ccc2C(=O)O)c1. The van der Waals surface area contributed by atoms with Crippen LogP contribution in [0.4, 0.5) is 0 Å². The molecule has 21 heavy (non-hydrogen) atoms. The van der Waals surface area contributed by atoms with Crippen LogP contribution < -0.4 is 4.74 Å². The van der Waals surface area contributed by atoms with Gasteiger partial charge in [0.15, 0.2) is 0 Å². The summed E-state index contributed by atoms with van der Waals surface area (Å²) in [5.41, 5.74) is 0.878. The Labute approximate surface area is 133 Å². The minimum Gasteiger partial charge on any atom is -0.497 e. The van der Waals surface area contributed by atoms with Crippen LogP contribution in [0.1, 0.15) is 15.9 Å². The first kappa shape index (κ1) is 15.7. The minimum atomic E-state index is -1.45. The number of carboxylic acid groups (broad SMARTS) is 1. The topological polar surface area (TPSA) is 63.6 Å². The monoisotopic (exact) mass is 368 g/mol. The fourth-order valence-corrected chi connectivity index (χ4v) is 3.66. The number of methoxy groups -OCH3 is 1. The van der Waals surface area contributed by atoms with Gasteiger partial charge in [0.05, 0.1) is 34.1 Å². The van der Waals surface area contributed by atoms with Gasteiger partial charge in [-0.1, -0.05) is 28.1 Å². The lowest BCUT2D eigenvalue weighted by molar-refractivity contribution is 0.0693. The van der Waals surface area contributed by atoms with E-state index in [4.69, 9.17) is 4.74 Å². The Morgan fingerprint density at radius 1 is 1.29 bits per heavy atom. The van der Waals surface area contributed by atoms with Crippen molar-refractivity contribution >= 4 is 32.7 Å². The summed E-state index contributed by atoms with van der Waals surface area (Å²) in [6.45, 7) is 0. The van der Waals surface area contributed by atoms with Crippen molar-refractivity contribution in [2.75, 3.05) is 7.11 Å². The van der Waals surface area contributed by atoms with Crippen molar-refractivity contribution in [3.8, 4) is 5.75 Å². The molecule has 0 fully saturated rings.